The third kappa shape index (κ3) is 5.11. The Morgan fingerprint density at radius 1 is 1.09 bits per heavy atom. The molecule has 128 valence electrons. The standard InChI is InChI=1S/C19H31N3O/c1-17-16-22(14-10-20-17)18-6-8-19(9-7-18)23-15-5-13-21-11-3-2-4-12-21/h6-9,17,20H,2-5,10-16H2,1H3/t17-/m0/s1. The SMILES string of the molecule is C[C@H]1CN(c2ccc(OCCCN3CCCCC3)cc2)CCN1. The Morgan fingerprint density at radius 3 is 2.61 bits per heavy atom. The van der Waals surface area contributed by atoms with Gasteiger partial charge >= 0.3 is 0 Å². The molecule has 0 saturated carbocycles. The maximum Gasteiger partial charge on any atom is 0.119 e. The minimum absolute atomic E-state index is 0.564. The van der Waals surface area contributed by atoms with Crippen LogP contribution in [0.1, 0.15) is 32.6 Å². The summed E-state index contributed by atoms with van der Waals surface area (Å²) in [5.74, 6) is 0.996. The van der Waals surface area contributed by atoms with Gasteiger partial charge in [-0.2, -0.15) is 0 Å². The fraction of sp³-hybridized carbons (Fsp3) is 0.684. The molecule has 0 aromatic heterocycles. The average Bonchev–Trinajstić information content (AvgIpc) is 2.60. The molecule has 2 fully saturated rings. The topological polar surface area (TPSA) is 27.7 Å². The summed E-state index contributed by atoms with van der Waals surface area (Å²) in [6.07, 6.45) is 5.27. The number of benzene rings is 1. The molecule has 0 spiro atoms. The van der Waals surface area contributed by atoms with E-state index < -0.39 is 0 Å². The highest BCUT2D eigenvalue weighted by Crippen LogP contribution is 2.20. The van der Waals surface area contributed by atoms with Crippen LogP contribution in [0.25, 0.3) is 0 Å². The average molecular weight is 317 g/mol. The van der Waals surface area contributed by atoms with Crippen LogP contribution in [0.5, 0.6) is 5.75 Å². The second-order valence-electron chi connectivity index (χ2n) is 6.90. The first-order chi connectivity index (χ1) is 11.3. The number of hydrogen-bond acceptors (Lipinski definition) is 4. The highest BCUT2D eigenvalue weighted by molar-refractivity contribution is 5.49. The van der Waals surface area contributed by atoms with E-state index in [4.69, 9.17) is 4.74 Å². The summed E-state index contributed by atoms with van der Waals surface area (Å²) in [5.41, 5.74) is 1.30. The van der Waals surface area contributed by atoms with E-state index in [0.29, 0.717) is 6.04 Å². The van der Waals surface area contributed by atoms with Gasteiger partial charge in [0.1, 0.15) is 5.75 Å². The van der Waals surface area contributed by atoms with Crippen LogP contribution < -0.4 is 15.0 Å². The van der Waals surface area contributed by atoms with Crippen LogP contribution in [-0.4, -0.2) is 56.8 Å². The zero-order chi connectivity index (χ0) is 15.9. The minimum Gasteiger partial charge on any atom is -0.494 e. The van der Waals surface area contributed by atoms with E-state index in [1.807, 2.05) is 0 Å². The fourth-order valence-electron chi connectivity index (χ4n) is 3.58. The Morgan fingerprint density at radius 2 is 1.87 bits per heavy atom. The Labute approximate surface area is 140 Å². The van der Waals surface area contributed by atoms with E-state index in [1.54, 1.807) is 0 Å². The van der Waals surface area contributed by atoms with Crippen molar-refractivity contribution in [2.75, 3.05) is 50.8 Å². The number of rotatable bonds is 6. The van der Waals surface area contributed by atoms with Gasteiger partial charge in [-0.3, -0.25) is 0 Å². The number of piperazine rings is 1. The number of nitrogens with zero attached hydrogens (tertiary/aromatic N) is 2. The molecule has 0 amide bonds. The number of hydrogen-bond donors (Lipinski definition) is 1. The second kappa shape index (κ2) is 8.55. The molecule has 2 aliphatic heterocycles. The van der Waals surface area contributed by atoms with Gasteiger partial charge in [-0.15, -0.1) is 0 Å². The quantitative estimate of drug-likeness (QED) is 0.817. The molecular weight excluding hydrogens is 286 g/mol. The Hall–Kier alpha value is -1.26. The van der Waals surface area contributed by atoms with Gasteiger partial charge in [0.25, 0.3) is 0 Å². The van der Waals surface area contributed by atoms with Crippen molar-refractivity contribution in [1.29, 1.82) is 0 Å². The first-order valence-electron chi connectivity index (χ1n) is 9.25. The van der Waals surface area contributed by atoms with Crippen molar-refractivity contribution in [3.05, 3.63) is 24.3 Å². The molecule has 4 nitrogen and oxygen atoms in total. The minimum atomic E-state index is 0.564. The van der Waals surface area contributed by atoms with Gasteiger partial charge < -0.3 is 19.9 Å². The maximum atomic E-state index is 5.90. The number of nitrogens with one attached hydrogen (secondary N) is 1. The highest BCUT2D eigenvalue weighted by Gasteiger charge is 2.15. The predicted octanol–water partition coefficient (Wildman–Crippen LogP) is 2.74. The van der Waals surface area contributed by atoms with E-state index >= 15 is 0 Å². The van der Waals surface area contributed by atoms with Crippen molar-refractivity contribution in [3.63, 3.8) is 0 Å². The van der Waals surface area contributed by atoms with E-state index in [2.05, 4.69) is 46.3 Å². The van der Waals surface area contributed by atoms with Crippen LogP contribution in [0.2, 0.25) is 0 Å². The van der Waals surface area contributed by atoms with Crippen molar-refractivity contribution in [3.8, 4) is 5.75 Å². The maximum absolute atomic E-state index is 5.90. The van der Waals surface area contributed by atoms with Gasteiger partial charge in [-0.05, 0) is 63.5 Å². The predicted molar refractivity (Wildman–Crippen MR) is 96.5 cm³/mol. The number of anilines is 1. The molecule has 1 aromatic rings. The van der Waals surface area contributed by atoms with Crippen LogP contribution in [0.4, 0.5) is 5.69 Å². The molecule has 23 heavy (non-hydrogen) atoms. The summed E-state index contributed by atoms with van der Waals surface area (Å²) < 4.78 is 5.90. The summed E-state index contributed by atoms with van der Waals surface area (Å²) >= 11 is 0. The summed E-state index contributed by atoms with van der Waals surface area (Å²) in [4.78, 5) is 5.02. The Kier molecular flexibility index (Phi) is 6.17. The van der Waals surface area contributed by atoms with Gasteiger partial charge in [0.2, 0.25) is 0 Å². The molecule has 1 aromatic carbocycles. The molecule has 2 aliphatic rings. The van der Waals surface area contributed by atoms with Crippen molar-refractivity contribution >= 4 is 5.69 Å². The molecule has 0 unspecified atom stereocenters. The largest absolute Gasteiger partial charge is 0.494 e. The molecule has 0 aliphatic carbocycles. The van der Waals surface area contributed by atoms with E-state index in [9.17, 15) is 0 Å². The monoisotopic (exact) mass is 317 g/mol. The molecule has 1 N–H and O–H groups in total. The van der Waals surface area contributed by atoms with Gasteiger partial charge in [-0.1, -0.05) is 6.42 Å². The van der Waals surface area contributed by atoms with Crippen LogP contribution in [0.15, 0.2) is 24.3 Å². The third-order valence-corrected chi connectivity index (χ3v) is 4.91. The molecule has 0 radical (unpaired) electrons. The van der Waals surface area contributed by atoms with Crippen molar-refractivity contribution < 1.29 is 4.74 Å². The lowest BCUT2D eigenvalue weighted by Crippen LogP contribution is -2.49. The van der Waals surface area contributed by atoms with E-state index in [-0.39, 0.29) is 0 Å². The molecular formula is C19H31N3O. The number of ether oxygens (including phenoxy) is 1. The zero-order valence-electron chi connectivity index (χ0n) is 14.5. The van der Waals surface area contributed by atoms with Gasteiger partial charge in [0.05, 0.1) is 6.61 Å². The first-order valence-corrected chi connectivity index (χ1v) is 9.25. The molecule has 2 heterocycles. The summed E-state index contributed by atoms with van der Waals surface area (Å²) in [5, 5.41) is 3.48. The zero-order valence-corrected chi connectivity index (χ0v) is 14.5. The lowest BCUT2D eigenvalue weighted by Gasteiger charge is -2.33. The summed E-state index contributed by atoms with van der Waals surface area (Å²) in [6.45, 7) is 10.0. The fourth-order valence-corrected chi connectivity index (χ4v) is 3.58. The Balaban J connectivity index is 1.39. The lowest BCUT2D eigenvalue weighted by molar-refractivity contribution is 0.205. The van der Waals surface area contributed by atoms with Crippen LogP contribution >= 0.6 is 0 Å². The molecule has 0 bridgehead atoms. The smallest absolute Gasteiger partial charge is 0.119 e. The van der Waals surface area contributed by atoms with Gasteiger partial charge in [0, 0.05) is 37.9 Å². The van der Waals surface area contributed by atoms with Crippen LogP contribution in [-0.2, 0) is 0 Å². The van der Waals surface area contributed by atoms with Crippen molar-refractivity contribution in [2.45, 2.75) is 38.6 Å². The molecule has 4 heteroatoms. The second-order valence-corrected chi connectivity index (χ2v) is 6.90. The van der Waals surface area contributed by atoms with Gasteiger partial charge in [-0.25, -0.2) is 0 Å². The first kappa shape index (κ1) is 16.6. The van der Waals surface area contributed by atoms with Crippen LogP contribution in [0, 0.1) is 0 Å². The van der Waals surface area contributed by atoms with Crippen LogP contribution in [0.3, 0.4) is 0 Å². The van der Waals surface area contributed by atoms with Gasteiger partial charge in [0.15, 0.2) is 0 Å². The Bertz CT molecular complexity index is 456. The molecule has 3 rings (SSSR count). The highest BCUT2D eigenvalue weighted by atomic mass is 16.5. The summed E-state index contributed by atoms with van der Waals surface area (Å²) in [6, 6.07) is 9.18. The van der Waals surface area contributed by atoms with E-state index in [1.165, 1.54) is 44.6 Å². The van der Waals surface area contributed by atoms with E-state index in [0.717, 1.165) is 38.4 Å². The molecule has 2 saturated heterocycles. The number of likely N-dealkylation sites (tertiary alicyclic amines) is 1. The third-order valence-electron chi connectivity index (χ3n) is 4.91. The van der Waals surface area contributed by atoms with Crippen molar-refractivity contribution in [1.82, 2.24) is 10.2 Å². The normalized spacial score (nSPS) is 23.0. The lowest BCUT2D eigenvalue weighted by atomic mass is 10.1. The summed E-state index contributed by atoms with van der Waals surface area (Å²) in [7, 11) is 0. The number of piperidine rings is 1. The molecule has 1 atom stereocenters. The van der Waals surface area contributed by atoms with Crippen molar-refractivity contribution in [2.24, 2.45) is 0 Å².